The zero-order valence-electron chi connectivity index (χ0n) is 2.38. The molecule has 0 saturated carbocycles. The van der Waals surface area contributed by atoms with Gasteiger partial charge in [0, 0.05) is 58.6 Å². The first-order valence-electron chi connectivity index (χ1n) is 0. The van der Waals surface area contributed by atoms with Crippen LogP contribution in [0.5, 0.6) is 0 Å². The van der Waals surface area contributed by atoms with Gasteiger partial charge in [-0.25, -0.2) is 0 Å². The maximum Gasteiger partial charge on any atom is 0 e. The quantitative estimate of drug-likeness (QED) is 0.525. The Kier molecular flexibility index (Phi) is 607. The molecule has 0 spiro atoms. The van der Waals surface area contributed by atoms with Crippen molar-refractivity contribution in [2.24, 2.45) is 0 Å². The largest absolute Gasteiger partial charge is 0.269 e. The second-order valence-corrected chi connectivity index (χ2v) is 0. The van der Waals surface area contributed by atoms with Crippen LogP contribution in [0.2, 0.25) is 0 Å². The van der Waals surface area contributed by atoms with Crippen molar-refractivity contribution in [2.75, 3.05) is 0 Å². The Balaban J connectivity index is 0. The van der Waals surface area contributed by atoms with Crippen LogP contribution in [0.3, 0.4) is 0 Å². The molecule has 5 heavy (non-hydrogen) atoms. The molecule has 2 radical (unpaired) electrons. The zero-order chi connectivity index (χ0) is 0. The van der Waals surface area contributed by atoms with E-state index in [1.807, 2.05) is 0 Å². The van der Waals surface area contributed by atoms with Crippen LogP contribution in [0.25, 0.3) is 0 Å². The molecule has 0 bridgehead atoms. The first-order valence-corrected chi connectivity index (χ1v) is 0. The molecule has 0 rings (SSSR count). The summed E-state index contributed by atoms with van der Waals surface area (Å²) < 4.78 is 0. The molecule has 0 saturated heterocycles. The van der Waals surface area contributed by atoms with E-state index in [1.54, 1.807) is 0 Å². The van der Waals surface area contributed by atoms with Crippen LogP contribution < -0.4 is 0 Å². The van der Waals surface area contributed by atoms with E-state index in [0.29, 0.717) is 0 Å². The summed E-state index contributed by atoms with van der Waals surface area (Å²) >= 11 is 0. The fourth-order valence-corrected chi connectivity index (χ4v) is 0. The van der Waals surface area contributed by atoms with Crippen molar-refractivity contribution in [1.29, 1.82) is 0 Å². The van der Waals surface area contributed by atoms with E-state index < -0.39 is 0 Å². The Labute approximate surface area is 71.8 Å². The van der Waals surface area contributed by atoms with Crippen molar-refractivity contribution in [3.8, 4) is 0 Å². The van der Waals surface area contributed by atoms with Gasteiger partial charge in [-0.15, -0.1) is 0 Å². The first-order chi connectivity index (χ1) is 0. The third kappa shape index (κ3) is 26.2. The summed E-state index contributed by atoms with van der Waals surface area (Å²) in [6.45, 7) is 0. The molecular weight excluding hydrogens is 191 g/mol. The van der Waals surface area contributed by atoms with E-state index in [1.165, 1.54) is 0 Å². The van der Waals surface area contributed by atoms with Gasteiger partial charge < -0.3 is 0 Å². The molecule has 0 aromatic heterocycles. The standard InChI is InChI=1S/3FH.Sc.Y/h3*1H;;. The van der Waals surface area contributed by atoms with Crippen LogP contribution in [-0.4, -0.2) is 0 Å². The summed E-state index contributed by atoms with van der Waals surface area (Å²) in [6, 6.07) is 0. The molecule has 0 aliphatic carbocycles. The predicted molar refractivity (Wildman–Crippen MR) is 7.51 cm³/mol. The molecular formula is H3F3ScY. The smallest absolute Gasteiger partial charge is 0 e. The van der Waals surface area contributed by atoms with Crippen molar-refractivity contribution in [1.82, 2.24) is 0 Å². The van der Waals surface area contributed by atoms with E-state index in [-0.39, 0.29) is 72.7 Å². The van der Waals surface area contributed by atoms with E-state index in [0.717, 1.165) is 0 Å². The molecule has 0 aliphatic rings. The molecule has 0 aliphatic heterocycles. The maximum absolute atomic E-state index is 0. The summed E-state index contributed by atoms with van der Waals surface area (Å²) in [6.07, 6.45) is 0. The van der Waals surface area contributed by atoms with Crippen molar-refractivity contribution in [2.45, 2.75) is 0 Å². The average molecular weight is 194 g/mol. The molecule has 5 heteroatoms. The monoisotopic (exact) mass is 194 g/mol. The molecule has 0 fully saturated rings. The third-order valence-corrected chi connectivity index (χ3v) is 0. The molecule has 0 amide bonds. The van der Waals surface area contributed by atoms with Gasteiger partial charge in [-0.1, -0.05) is 0 Å². The number of hydrogen-bond donors (Lipinski definition) is 0. The van der Waals surface area contributed by atoms with Crippen LogP contribution in [0, 0.1) is 0 Å². The maximum atomic E-state index is 0. The van der Waals surface area contributed by atoms with Gasteiger partial charge in [0.25, 0.3) is 0 Å². The molecule has 0 unspecified atom stereocenters. The van der Waals surface area contributed by atoms with Gasteiger partial charge in [-0.05, 0) is 0 Å². The minimum atomic E-state index is 0. The van der Waals surface area contributed by atoms with Gasteiger partial charge in [0.2, 0.25) is 0 Å². The van der Waals surface area contributed by atoms with E-state index in [2.05, 4.69) is 0 Å². The van der Waals surface area contributed by atoms with Gasteiger partial charge in [0.1, 0.15) is 0 Å². The Hall–Kier alpha value is 1.76. The summed E-state index contributed by atoms with van der Waals surface area (Å²) in [7, 11) is 0. The molecule has 0 nitrogen and oxygen atoms in total. The third-order valence-electron chi connectivity index (χ3n) is 0. The molecule has 0 aromatic rings. The fourth-order valence-electron chi connectivity index (χ4n) is 0. The summed E-state index contributed by atoms with van der Waals surface area (Å²) in [5, 5.41) is 0. The summed E-state index contributed by atoms with van der Waals surface area (Å²) in [5.41, 5.74) is 0. The Bertz CT molecular complexity index is 6.85. The SMILES string of the molecule is F.F.F.[Sc].[Y]. The second-order valence-electron chi connectivity index (χ2n) is 0. The zero-order valence-corrected chi connectivity index (χ0v) is 7.02. The van der Waals surface area contributed by atoms with Crippen LogP contribution in [0.15, 0.2) is 0 Å². The minimum Gasteiger partial charge on any atom is -0.269 e. The van der Waals surface area contributed by atoms with Gasteiger partial charge in [0.15, 0.2) is 0 Å². The Morgan fingerprint density at radius 1 is 0.600 bits per heavy atom. The van der Waals surface area contributed by atoms with E-state index in [4.69, 9.17) is 0 Å². The van der Waals surface area contributed by atoms with Crippen LogP contribution in [-0.2, 0) is 58.6 Å². The van der Waals surface area contributed by atoms with Crippen LogP contribution in [0.4, 0.5) is 14.1 Å². The first kappa shape index (κ1) is 72.2. The molecule has 0 aromatic carbocycles. The van der Waals surface area contributed by atoms with Crippen LogP contribution >= 0.6 is 0 Å². The molecule has 0 heterocycles. The number of halogens is 3. The average Bonchev–Trinajstić information content (AvgIpc) is 0. The second kappa shape index (κ2) is 42.0. The Morgan fingerprint density at radius 3 is 0.600 bits per heavy atom. The fraction of sp³-hybridized carbons (Fsp3) is 0. The molecule has 0 atom stereocenters. The van der Waals surface area contributed by atoms with Crippen molar-refractivity contribution in [3.05, 3.63) is 0 Å². The van der Waals surface area contributed by atoms with Crippen molar-refractivity contribution in [3.63, 3.8) is 0 Å². The van der Waals surface area contributed by atoms with E-state index >= 15 is 0 Å². The molecule has 0 N–H and O–H groups in total. The van der Waals surface area contributed by atoms with Crippen molar-refractivity contribution >= 4 is 0 Å². The van der Waals surface area contributed by atoms with Gasteiger partial charge in [0.05, 0.1) is 0 Å². The number of hydrogen-bond acceptors (Lipinski definition) is 0. The molecule has 30 valence electrons. The normalized spacial score (nSPS) is 0. The summed E-state index contributed by atoms with van der Waals surface area (Å²) in [5.74, 6) is 0. The van der Waals surface area contributed by atoms with E-state index in [9.17, 15) is 0 Å². The van der Waals surface area contributed by atoms with Gasteiger partial charge >= 0.3 is 0 Å². The number of rotatable bonds is 0. The Morgan fingerprint density at radius 2 is 0.600 bits per heavy atom. The van der Waals surface area contributed by atoms with Gasteiger partial charge in [-0.2, -0.15) is 0 Å². The minimum absolute atomic E-state index is 0. The predicted octanol–water partition coefficient (Wildman–Crippen LogP) is 0.453. The van der Waals surface area contributed by atoms with Gasteiger partial charge in [-0.3, -0.25) is 14.1 Å². The summed E-state index contributed by atoms with van der Waals surface area (Å²) in [4.78, 5) is 0. The topological polar surface area (TPSA) is 0 Å². The van der Waals surface area contributed by atoms with Crippen molar-refractivity contribution < 1.29 is 72.7 Å². The van der Waals surface area contributed by atoms with Crippen LogP contribution in [0.1, 0.15) is 0 Å².